The Kier molecular flexibility index (Phi) is 8.23. The molecule has 122 valence electrons. The number of phosphoric acid groups is 1. The fourth-order valence-electron chi connectivity index (χ4n) is 2.32. The first-order valence-corrected chi connectivity index (χ1v) is 9.40. The molecule has 0 amide bonds. The van der Waals surface area contributed by atoms with Crippen molar-refractivity contribution in [3.05, 3.63) is 11.3 Å². The number of dihydropyridines is 1. The summed E-state index contributed by atoms with van der Waals surface area (Å²) in [7, 11) is -3.50. The zero-order chi connectivity index (χ0) is 15.7. The minimum absolute atomic E-state index is 0.294. The fourth-order valence-corrected chi connectivity index (χ4v) is 3.60. The van der Waals surface area contributed by atoms with E-state index >= 15 is 0 Å². The van der Waals surface area contributed by atoms with Gasteiger partial charge in [-0.15, -0.1) is 0 Å². The standard InChI is InChI=1S/C15H28NO4P/c1-5-9-10-14-13(6-2)15(11-12-16-14)20-21(17,18-7-3)19-8-4/h5-12H2,1-4H3. The molecule has 0 fully saturated rings. The maximum Gasteiger partial charge on any atom is 0.529 e. The molecule has 0 saturated carbocycles. The smallest absolute Gasteiger partial charge is 0.408 e. The maximum absolute atomic E-state index is 12.5. The summed E-state index contributed by atoms with van der Waals surface area (Å²) in [5, 5.41) is 0. The highest BCUT2D eigenvalue weighted by atomic mass is 31.2. The van der Waals surface area contributed by atoms with Crippen LogP contribution in [0.4, 0.5) is 0 Å². The summed E-state index contributed by atoms with van der Waals surface area (Å²) in [4.78, 5) is 4.60. The lowest BCUT2D eigenvalue weighted by atomic mass is 9.98. The molecule has 1 aliphatic rings. The van der Waals surface area contributed by atoms with Crippen molar-refractivity contribution in [1.29, 1.82) is 0 Å². The number of allylic oxidation sites excluding steroid dienone is 1. The lowest BCUT2D eigenvalue weighted by molar-refractivity contribution is 0.142. The number of rotatable bonds is 10. The van der Waals surface area contributed by atoms with E-state index in [1.807, 2.05) is 0 Å². The van der Waals surface area contributed by atoms with Gasteiger partial charge in [0.2, 0.25) is 0 Å². The van der Waals surface area contributed by atoms with Gasteiger partial charge in [0.05, 0.1) is 13.2 Å². The summed E-state index contributed by atoms with van der Waals surface area (Å²) in [5.74, 6) is 0.726. The van der Waals surface area contributed by atoms with Gasteiger partial charge < -0.3 is 4.52 Å². The van der Waals surface area contributed by atoms with Crippen LogP contribution in [-0.2, 0) is 18.1 Å². The summed E-state index contributed by atoms with van der Waals surface area (Å²) >= 11 is 0. The van der Waals surface area contributed by atoms with E-state index in [4.69, 9.17) is 13.6 Å². The second-order valence-corrected chi connectivity index (χ2v) is 6.40. The van der Waals surface area contributed by atoms with Gasteiger partial charge >= 0.3 is 7.82 Å². The minimum atomic E-state index is -3.50. The van der Waals surface area contributed by atoms with Gasteiger partial charge in [0.1, 0.15) is 5.76 Å². The molecule has 21 heavy (non-hydrogen) atoms. The Morgan fingerprint density at radius 3 is 2.33 bits per heavy atom. The van der Waals surface area contributed by atoms with Crippen LogP contribution >= 0.6 is 7.82 Å². The Bertz CT molecular complexity index is 421. The molecule has 6 heteroatoms. The highest BCUT2D eigenvalue weighted by Crippen LogP contribution is 2.52. The summed E-state index contributed by atoms with van der Waals surface area (Å²) in [6.07, 6.45) is 4.64. The first kappa shape index (κ1) is 18.4. The normalized spacial score (nSPS) is 16.1. The Hall–Kier alpha value is -0.640. The van der Waals surface area contributed by atoms with Gasteiger partial charge in [-0.1, -0.05) is 20.3 Å². The van der Waals surface area contributed by atoms with E-state index in [0.717, 1.165) is 42.7 Å². The second-order valence-electron chi connectivity index (χ2n) is 4.81. The number of hydrogen-bond acceptors (Lipinski definition) is 5. The zero-order valence-corrected chi connectivity index (χ0v) is 14.6. The van der Waals surface area contributed by atoms with Crippen LogP contribution in [0.5, 0.6) is 0 Å². The molecule has 1 heterocycles. The van der Waals surface area contributed by atoms with E-state index in [1.54, 1.807) is 13.8 Å². The van der Waals surface area contributed by atoms with Crippen LogP contribution in [0.25, 0.3) is 0 Å². The van der Waals surface area contributed by atoms with E-state index < -0.39 is 7.82 Å². The van der Waals surface area contributed by atoms with Crippen molar-refractivity contribution in [2.75, 3.05) is 19.8 Å². The van der Waals surface area contributed by atoms with Gasteiger partial charge in [0, 0.05) is 24.3 Å². The van der Waals surface area contributed by atoms with Crippen molar-refractivity contribution < 1.29 is 18.1 Å². The monoisotopic (exact) mass is 317 g/mol. The number of phosphoric ester groups is 1. The molecule has 0 aromatic heterocycles. The number of nitrogens with zero attached hydrogens (tertiary/aromatic N) is 1. The molecule has 5 nitrogen and oxygen atoms in total. The van der Waals surface area contributed by atoms with Crippen LogP contribution in [0.15, 0.2) is 16.3 Å². The third-order valence-corrected chi connectivity index (χ3v) is 4.84. The quantitative estimate of drug-likeness (QED) is 0.539. The Labute approximate surface area is 128 Å². The minimum Gasteiger partial charge on any atom is -0.408 e. The van der Waals surface area contributed by atoms with Crippen molar-refractivity contribution in [2.24, 2.45) is 4.99 Å². The van der Waals surface area contributed by atoms with E-state index in [2.05, 4.69) is 18.8 Å². The van der Waals surface area contributed by atoms with Gasteiger partial charge in [-0.05, 0) is 33.1 Å². The lowest BCUT2D eigenvalue weighted by Crippen LogP contribution is -2.15. The molecule has 0 aliphatic carbocycles. The summed E-state index contributed by atoms with van der Waals surface area (Å²) in [6.45, 7) is 9.05. The highest BCUT2D eigenvalue weighted by Gasteiger charge is 2.30. The van der Waals surface area contributed by atoms with Crippen molar-refractivity contribution in [3.63, 3.8) is 0 Å². The summed E-state index contributed by atoms with van der Waals surface area (Å²) in [5.41, 5.74) is 2.15. The number of unbranched alkanes of at least 4 members (excludes halogenated alkanes) is 1. The molecule has 0 spiro atoms. The molecule has 0 aromatic rings. The molecule has 0 N–H and O–H groups in total. The van der Waals surface area contributed by atoms with Crippen molar-refractivity contribution >= 4 is 13.5 Å². The van der Waals surface area contributed by atoms with Gasteiger partial charge in [-0.25, -0.2) is 4.57 Å². The molecule has 0 aromatic carbocycles. The van der Waals surface area contributed by atoms with E-state index in [9.17, 15) is 4.57 Å². The van der Waals surface area contributed by atoms with Crippen molar-refractivity contribution in [3.8, 4) is 0 Å². The molecule has 0 bridgehead atoms. The predicted molar refractivity (Wildman–Crippen MR) is 85.7 cm³/mol. The largest absolute Gasteiger partial charge is 0.529 e. The number of aliphatic imine (C=N–C) groups is 1. The van der Waals surface area contributed by atoms with E-state index in [-0.39, 0.29) is 0 Å². The maximum atomic E-state index is 12.5. The van der Waals surface area contributed by atoms with E-state index in [0.29, 0.717) is 26.2 Å². The first-order valence-electron chi connectivity index (χ1n) is 7.94. The van der Waals surface area contributed by atoms with Crippen LogP contribution in [0.1, 0.15) is 59.8 Å². The summed E-state index contributed by atoms with van der Waals surface area (Å²) < 4.78 is 28.6. The predicted octanol–water partition coefficient (Wildman–Crippen LogP) is 4.88. The molecule has 0 unspecified atom stereocenters. The molecule has 0 saturated heterocycles. The first-order chi connectivity index (χ1) is 10.1. The van der Waals surface area contributed by atoms with Crippen LogP contribution in [-0.4, -0.2) is 25.5 Å². The molecule has 0 radical (unpaired) electrons. The third kappa shape index (κ3) is 5.57. The van der Waals surface area contributed by atoms with Crippen LogP contribution in [0.2, 0.25) is 0 Å². The van der Waals surface area contributed by atoms with Gasteiger partial charge in [-0.2, -0.15) is 0 Å². The van der Waals surface area contributed by atoms with Crippen LogP contribution < -0.4 is 0 Å². The second kappa shape index (κ2) is 9.39. The highest BCUT2D eigenvalue weighted by molar-refractivity contribution is 7.48. The molecular weight excluding hydrogens is 289 g/mol. The molecule has 1 aliphatic heterocycles. The summed E-state index contributed by atoms with van der Waals surface area (Å²) in [6, 6.07) is 0. The molecule has 1 rings (SSSR count). The Morgan fingerprint density at radius 1 is 1.14 bits per heavy atom. The Morgan fingerprint density at radius 2 is 1.81 bits per heavy atom. The van der Waals surface area contributed by atoms with Gasteiger partial charge in [-0.3, -0.25) is 14.0 Å². The van der Waals surface area contributed by atoms with Crippen molar-refractivity contribution in [1.82, 2.24) is 0 Å². The Balaban J connectivity index is 2.93. The topological polar surface area (TPSA) is 57.1 Å². The van der Waals surface area contributed by atoms with E-state index in [1.165, 1.54) is 0 Å². The SMILES string of the molecule is CCCCC1=NCCC(OP(=O)(OCC)OCC)=C1CC. The molecular formula is C15H28NO4P. The average Bonchev–Trinajstić information content (AvgIpc) is 2.45. The fraction of sp³-hybridized carbons (Fsp3) is 0.800. The van der Waals surface area contributed by atoms with Gasteiger partial charge in [0.25, 0.3) is 0 Å². The van der Waals surface area contributed by atoms with Gasteiger partial charge in [0.15, 0.2) is 0 Å². The third-order valence-electron chi connectivity index (χ3n) is 3.24. The van der Waals surface area contributed by atoms with Crippen LogP contribution in [0, 0.1) is 0 Å². The van der Waals surface area contributed by atoms with Crippen molar-refractivity contribution in [2.45, 2.75) is 59.8 Å². The number of hydrogen-bond donors (Lipinski definition) is 0. The average molecular weight is 317 g/mol. The molecule has 0 atom stereocenters. The van der Waals surface area contributed by atoms with Crippen LogP contribution in [0.3, 0.4) is 0 Å². The zero-order valence-electron chi connectivity index (χ0n) is 13.7. The lowest BCUT2D eigenvalue weighted by Gasteiger charge is -2.24.